The second-order valence-electron chi connectivity index (χ2n) is 8.15. The zero-order chi connectivity index (χ0) is 23.9. The zero-order valence-electron chi connectivity index (χ0n) is 18.5. The van der Waals surface area contributed by atoms with Crippen molar-refractivity contribution in [2.24, 2.45) is 5.92 Å². The third kappa shape index (κ3) is 6.89. The molecule has 1 saturated heterocycles. The van der Waals surface area contributed by atoms with E-state index in [4.69, 9.17) is 39.3 Å². The molecule has 1 amide bonds. The summed E-state index contributed by atoms with van der Waals surface area (Å²) >= 11 is 20.1. The van der Waals surface area contributed by atoms with Gasteiger partial charge in [0, 0.05) is 40.2 Å². The van der Waals surface area contributed by atoms with Crippen LogP contribution >= 0.6 is 46.6 Å². The maximum Gasteiger partial charge on any atom is 0.241 e. The summed E-state index contributed by atoms with van der Waals surface area (Å²) in [6, 6.07) is 12.9. The summed E-state index contributed by atoms with van der Waals surface area (Å²) in [4.78, 5) is 19.4. The van der Waals surface area contributed by atoms with Crippen molar-refractivity contribution < 1.29 is 9.32 Å². The zero-order valence-corrected chi connectivity index (χ0v) is 21.6. The first-order valence-corrected chi connectivity index (χ1v) is 13.4. The molecule has 1 N–H and O–H groups in total. The fraction of sp³-hybridized carbons (Fsp3) is 0.375. The van der Waals surface area contributed by atoms with E-state index in [0.717, 1.165) is 42.0 Å². The van der Waals surface area contributed by atoms with E-state index < -0.39 is 0 Å². The van der Waals surface area contributed by atoms with Gasteiger partial charge in [-0.2, -0.15) is 16.7 Å². The molecule has 6 nitrogen and oxygen atoms in total. The Bertz CT molecular complexity index is 1130. The molecule has 1 aromatic heterocycles. The van der Waals surface area contributed by atoms with Crippen molar-refractivity contribution in [3.8, 4) is 11.4 Å². The summed E-state index contributed by atoms with van der Waals surface area (Å²) in [5.74, 6) is 2.64. The van der Waals surface area contributed by atoms with Crippen LogP contribution in [0, 0.1) is 5.92 Å². The Kier molecular flexibility index (Phi) is 9.14. The van der Waals surface area contributed by atoms with Gasteiger partial charge in [-0.05, 0) is 49.2 Å². The number of amides is 1. The van der Waals surface area contributed by atoms with Gasteiger partial charge in [0.2, 0.25) is 17.6 Å². The minimum absolute atomic E-state index is 0.0459. The third-order valence-electron chi connectivity index (χ3n) is 5.64. The summed E-state index contributed by atoms with van der Waals surface area (Å²) in [5, 5.41) is 9.02. The van der Waals surface area contributed by atoms with Gasteiger partial charge >= 0.3 is 0 Å². The monoisotopic (exact) mass is 538 g/mol. The number of likely N-dealkylation sites (tertiary alicyclic amines) is 1. The molecular formula is C24H25Cl3N4O2S. The molecule has 1 aliphatic heterocycles. The molecule has 1 unspecified atom stereocenters. The molecule has 2 aromatic carbocycles. The number of carbonyl (C=O) groups excluding carboxylic acids is 1. The van der Waals surface area contributed by atoms with E-state index in [0.29, 0.717) is 46.4 Å². The van der Waals surface area contributed by atoms with E-state index in [2.05, 4.69) is 20.4 Å². The molecule has 0 spiro atoms. The highest BCUT2D eigenvalue weighted by Crippen LogP contribution is 2.26. The minimum Gasteiger partial charge on any atom is -0.355 e. The van der Waals surface area contributed by atoms with Crippen molar-refractivity contribution in [1.29, 1.82) is 0 Å². The van der Waals surface area contributed by atoms with Crippen molar-refractivity contribution in [2.45, 2.75) is 25.1 Å². The van der Waals surface area contributed by atoms with Crippen LogP contribution in [0.15, 0.2) is 47.0 Å². The molecule has 2 heterocycles. The number of thioether (sulfide) groups is 1. The number of hydrogen-bond acceptors (Lipinski definition) is 6. The van der Waals surface area contributed by atoms with Crippen LogP contribution in [0.4, 0.5) is 0 Å². The van der Waals surface area contributed by atoms with Gasteiger partial charge in [-0.25, -0.2) is 0 Å². The SMILES string of the molecule is O=C(NCCSCc1ccc(Cl)cc1Cl)C1CCCN(Cc2nc(-c3ccccc3Cl)no2)C1. The van der Waals surface area contributed by atoms with Crippen LogP contribution in [-0.4, -0.2) is 46.3 Å². The fourth-order valence-corrected chi connectivity index (χ4v) is 5.52. The standard InChI is InChI=1S/C24H25Cl3N4O2S/c25-18-8-7-17(21(27)12-18)15-34-11-9-28-24(32)16-4-3-10-31(13-16)14-22-29-23(30-33-22)19-5-1-2-6-20(19)26/h1-2,5-8,12,16H,3-4,9-11,13-15H2,(H,28,32). The lowest BCUT2D eigenvalue weighted by Gasteiger charge is -2.30. The van der Waals surface area contributed by atoms with Crippen molar-refractivity contribution in [1.82, 2.24) is 20.4 Å². The number of nitrogens with zero attached hydrogens (tertiary/aromatic N) is 3. The molecule has 1 aliphatic rings. The average molecular weight is 540 g/mol. The number of carbonyl (C=O) groups is 1. The van der Waals surface area contributed by atoms with Crippen LogP contribution < -0.4 is 5.32 Å². The Morgan fingerprint density at radius 3 is 2.85 bits per heavy atom. The molecular weight excluding hydrogens is 515 g/mol. The van der Waals surface area contributed by atoms with E-state index in [1.165, 1.54) is 0 Å². The molecule has 10 heteroatoms. The van der Waals surface area contributed by atoms with E-state index in [-0.39, 0.29) is 11.8 Å². The molecule has 0 saturated carbocycles. The Morgan fingerprint density at radius 2 is 2.03 bits per heavy atom. The van der Waals surface area contributed by atoms with Gasteiger partial charge in [0.1, 0.15) is 0 Å². The molecule has 1 atom stereocenters. The number of halogens is 3. The molecule has 3 aromatic rings. The van der Waals surface area contributed by atoms with Crippen molar-refractivity contribution in [3.05, 3.63) is 69.0 Å². The van der Waals surface area contributed by atoms with E-state index >= 15 is 0 Å². The summed E-state index contributed by atoms with van der Waals surface area (Å²) < 4.78 is 5.43. The van der Waals surface area contributed by atoms with Gasteiger partial charge in [-0.1, -0.05) is 58.2 Å². The normalized spacial score (nSPS) is 16.5. The molecule has 0 aliphatic carbocycles. The topological polar surface area (TPSA) is 71.3 Å². The maximum absolute atomic E-state index is 12.7. The quantitative estimate of drug-likeness (QED) is 0.338. The lowest BCUT2D eigenvalue weighted by atomic mass is 9.97. The lowest BCUT2D eigenvalue weighted by molar-refractivity contribution is -0.126. The summed E-state index contributed by atoms with van der Waals surface area (Å²) in [5.41, 5.74) is 1.79. The molecule has 0 bridgehead atoms. The number of rotatable bonds is 9. The largest absolute Gasteiger partial charge is 0.355 e. The van der Waals surface area contributed by atoms with E-state index in [1.807, 2.05) is 30.3 Å². The van der Waals surface area contributed by atoms with Crippen LogP contribution in [-0.2, 0) is 17.1 Å². The highest BCUT2D eigenvalue weighted by atomic mass is 35.5. The van der Waals surface area contributed by atoms with Crippen molar-refractivity contribution in [3.63, 3.8) is 0 Å². The van der Waals surface area contributed by atoms with E-state index in [1.54, 1.807) is 23.9 Å². The molecule has 0 radical (unpaired) electrons. The number of nitrogens with one attached hydrogen (secondary N) is 1. The highest BCUT2D eigenvalue weighted by Gasteiger charge is 2.26. The maximum atomic E-state index is 12.7. The number of hydrogen-bond donors (Lipinski definition) is 1. The van der Waals surface area contributed by atoms with Crippen LogP contribution in [0.3, 0.4) is 0 Å². The molecule has 4 rings (SSSR count). The first-order valence-electron chi connectivity index (χ1n) is 11.1. The van der Waals surface area contributed by atoms with E-state index in [9.17, 15) is 4.79 Å². The Morgan fingerprint density at radius 1 is 1.18 bits per heavy atom. The lowest BCUT2D eigenvalue weighted by Crippen LogP contribution is -2.43. The van der Waals surface area contributed by atoms with Gasteiger partial charge in [0.25, 0.3) is 0 Å². The minimum atomic E-state index is -0.0459. The summed E-state index contributed by atoms with van der Waals surface area (Å²) in [6.45, 7) is 2.70. The molecule has 1 fully saturated rings. The third-order valence-corrected chi connectivity index (χ3v) is 7.56. The highest BCUT2D eigenvalue weighted by molar-refractivity contribution is 7.98. The average Bonchev–Trinajstić information content (AvgIpc) is 3.28. The predicted molar refractivity (Wildman–Crippen MR) is 138 cm³/mol. The van der Waals surface area contributed by atoms with Gasteiger partial charge in [0.05, 0.1) is 17.5 Å². The summed E-state index contributed by atoms with van der Waals surface area (Å²) in [7, 11) is 0. The van der Waals surface area contributed by atoms with Crippen LogP contribution in [0.5, 0.6) is 0 Å². The second kappa shape index (κ2) is 12.3. The van der Waals surface area contributed by atoms with Gasteiger partial charge in [-0.15, -0.1) is 0 Å². The molecule has 180 valence electrons. The van der Waals surface area contributed by atoms with Crippen LogP contribution in [0.25, 0.3) is 11.4 Å². The van der Waals surface area contributed by atoms with Gasteiger partial charge < -0.3 is 9.84 Å². The van der Waals surface area contributed by atoms with Crippen LogP contribution in [0.1, 0.15) is 24.3 Å². The number of piperidine rings is 1. The Balaban J connectivity index is 1.20. The Labute approximate surface area is 218 Å². The first-order chi connectivity index (χ1) is 16.5. The molecule has 34 heavy (non-hydrogen) atoms. The fourth-order valence-electron chi connectivity index (χ4n) is 3.89. The first kappa shape index (κ1) is 25.3. The summed E-state index contributed by atoms with van der Waals surface area (Å²) in [6.07, 6.45) is 1.83. The second-order valence-corrected chi connectivity index (χ2v) is 10.5. The van der Waals surface area contributed by atoms with Crippen molar-refractivity contribution >= 4 is 52.5 Å². The van der Waals surface area contributed by atoms with Gasteiger partial charge in [-0.3, -0.25) is 9.69 Å². The number of benzene rings is 2. The number of aromatic nitrogens is 2. The predicted octanol–water partition coefficient (Wildman–Crippen LogP) is 5.96. The van der Waals surface area contributed by atoms with Gasteiger partial charge in [0.15, 0.2) is 0 Å². The van der Waals surface area contributed by atoms with Crippen LogP contribution in [0.2, 0.25) is 15.1 Å². The van der Waals surface area contributed by atoms with Crippen molar-refractivity contribution in [2.75, 3.05) is 25.4 Å². The smallest absolute Gasteiger partial charge is 0.241 e. The Hall–Kier alpha value is -1.77.